The van der Waals surface area contributed by atoms with E-state index < -0.39 is 12.3 Å². The summed E-state index contributed by atoms with van der Waals surface area (Å²) in [6.07, 6.45) is -1.58. The lowest BCUT2D eigenvalue weighted by Gasteiger charge is -2.12. The summed E-state index contributed by atoms with van der Waals surface area (Å²) in [6.45, 7) is 4.31. The number of hydrogen-bond donors (Lipinski definition) is 2. The van der Waals surface area contributed by atoms with Gasteiger partial charge in [0.2, 0.25) is 0 Å². The minimum absolute atomic E-state index is 0.437. The van der Waals surface area contributed by atoms with Crippen LogP contribution >= 0.6 is 0 Å². The minimum atomic E-state index is -0.962. The SMILES string of the molecule is CC1=[N+](C(=O)O)CCN1C(C)O. The van der Waals surface area contributed by atoms with Crippen molar-refractivity contribution in [2.45, 2.75) is 20.1 Å². The Kier molecular flexibility index (Phi) is 2.32. The highest BCUT2D eigenvalue weighted by atomic mass is 16.4. The second-order valence-electron chi connectivity index (χ2n) is 2.81. The number of amidine groups is 1. The molecule has 0 fully saturated rings. The maximum atomic E-state index is 10.6. The van der Waals surface area contributed by atoms with Gasteiger partial charge in [0.1, 0.15) is 13.1 Å². The molecule has 0 aromatic carbocycles. The number of aliphatic hydroxyl groups is 1. The van der Waals surface area contributed by atoms with Crippen LogP contribution in [0.4, 0.5) is 4.79 Å². The largest absolute Gasteiger partial charge is 0.504 e. The molecule has 12 heavy (non-hydrogen) atoms. The third-order valence-electron chi connectivity index (χ3n) is 2.05. The Morgan fingerprint density at radius 3 is 2.58 bits per heavy atom. The summed E-state index contributed by atoms with van der Waals surface area (Å²) >= 11 is 0. The van der Waals surface area contributed by atoms with E-state index in [0.717, 1.165) is 0 Å². The molecule has 2 N–H and O–H groups in total. The van der Waals surface area contributed by atoms with Crippen LogP contribution in [0.3, 0.4) is 0 Å². The Hall–Kier alpha value is -1.10. The molecule has 1 atom stereocenters. The third-order valence-corrected chi connectivity index (χ3v) is 2.05. The second-order valence-corrected chi connectivity index (χ2v) is 2.81. The van der Waals surface area contributed by atoms with Gasteiger partial charge in [0.05, 0.1) is 0 Å². The normalized spacial score (nSPS) is 20.1. The summed E-state index contributed by atoms with van der Waals surface area (Å²) in [5.41, 5.74) is 0. The van der Waals surface area contributed by atoms with Crippen molar-refractivity contribution in [2.24, 2.45) is 0 Å². The fourth-order valence-corrected chi connectivity index (χ4v) is 1.38. The summed E-state index contributed by atoms with van der Waals surface area (Å²) < 4.78 is 1.23. The summed E-state index contributed by atoms with van der Waals surface area (Å²) in [4.78, 5) is 12.2. The van der Waals surface area contributed by atoms with Crippen LogP contribution in [0.2, 0.25) is 0 Å². The van der Waals surface area contributed by atoms with E-state index in [1.165, 1.54) is 4.58 Å². The molecule has 0 bridgehead atoms. The number of hydrogen-bond acceptors (Lipinski definition) is 3. The van der Waals surface area contributed by atoms with Crippen LogP contribution in [0.5, 0.6) is 0 Å². The van der Waals surface area contributed by atoms with Gasteiger partial charge in [0.25, 0.3) is 5.84 Å². The topological polar surface area (TPSA) is 63.8 Å². The molecule has 1 unspecified atom stereocenters. The lowest BCUT2D eigenvalue weighted by Crippen LogP contribution is -2.35. The van der Waals surface area contributed by atoms with Crippen molar-refractivity contribution < 1.29 is 19.6 Å². The fourth-order valence-electron chi connectivity index (χ4n) is 1.38. The number of nitrogens with zero attached hydrogens (tertiary/aromatic N) is 2. The zero-order valence-corrected chi connectivity index (χ0v) is 7.19. The highest BCUT2D eigenvalue weighted by Crippen LogP contribution is 2.04. The Labute approximate surface area is 70.5 Å². The molecule has 0 aromatic heterocycles. The van der Waals surface area contributed by atoms with Crippen molar-refractivity contribution in [3.63, 3.8) is 0 Å². The molecule has 0 radical (unpaired) electrons. The summed E-state index contributed by atoms with van der Waals surface area (Å²) in [7, 11) is 0. The van der Waals surface area contributed by atoms with E-state index in [1.54, 1.807) is 18.7 Å². The lowest BCUT2D eigenvalue weighted by atomic mass is 10.5. The Morgan fingerprint density at radius 2 is 2.33 bits per heavy atom. The molecule has 1 amide bonds. The summed E-state index contributed by atoms with van der Waals surface area (Å²) in [5.74, 6) is 0.595. The van der Waals surface area contributed by atoms with Gasteiger partial charge in [0, 0.05) is 13.8 Å². The van der Waals surface area contributed by atoms with Crippen molar-refractivity contribution in [3.05, 3.63) is 0 Å². The quantitative estimate of drug-likeness (QED) is 0.537. The molecular formula is C7H13N2O3+. The van der Waals surface area contributed by atoms with Gasteiger partial charge in [-0.15, -0.1) is 0 Å². The molecule has 68 valence electrons. The van der Waals surface area contributed by atoms with E-state index in [-0.39, 0.29) is 0 Å². The first-order valence-electron chi connectivity index (χ1n) is 3.82. The monoisotopic (exact) mass is 173 g/mol. The highest BCUT2D eigenvalue weighted by molar-refractivity contribution is 5.80. The molecule has 0 aliphatic carbocycles. The van der Waals surface area contributed by atoms with E-state index in [4.69, 9.17) is 5.11 Å². The zero-order valence-electron chi connectivity index (χ0n) is 7.19. The van der Waals surface area contributed by atoms with E-state index in [0.29, 0.717) is 18.9 Å². The van der Waals surface area contributed by atoms with Crippen molar-refractivity contribution in [1.82, 2.24) is 4.90 Å². The molecular weight excluding hydrogens is 160 g/mol. The molecule has 1 aliphatic heterocycles. The maximum Gasteiger partial charge on any atom is 0.504 e. The summed E-state index contributed by atoms with van der Waals surface area (Å²) in [6, 6.07) is 0. The standard InChI is InChI=1S/C7H12N2O3/c1-5-8(6(2)10)3-4-9(5)7(11)12/h6,10H,3-4H2,1-2H3/p+1. The second kappa shape index (κ2) is 3.10. The van der Waals surface area contributed by atoms with Crippen LogP contribution in [0, 0.1) is 0 Å². The molecule has 5 nitrogen and oxygen atoms in total. The van der Waals surface area contributed by atoms with Gasteiger partial charge in [-0.25, -0.2) is 4.90 Å². The van der Waals surface area contributed by atoms with Gasteiger partial charge >= 0.3 is 6.09 Å². The van der Waals surface area contributed by atoms with Crippen LogP contribution in [0.15, 0.2) is 0 Å². The number of carbonyl (C=O) groups is 1. The van der Waals surface area contributed by atoms with Gasteiger partial charge in [-0.3, -0.25) is 0 Å². The maximum absolute atomic E-state index is 10.6. The smallest absolute Gasteiger partial charge is 0.447 e. The zero-order chi connectivity index (χ0) is 9.30. The molecule has 0 saturated carbocycles. The third kappa shape index (κ3) is 1.40. The predicted octanol–water partition coefficient (Wildman–Crippen LogP) is -0.251. The van der Waals surface area contributed by atoms with E-state index in [2.05, 4.69) is 0 Å². The number of amides is 1. The lowest BCUT2D eigenvalue weighted by molar-refractivity contribution is -0.433. The van der Waals surface area contributed by atoms with Crippen LogP contribution in [-0.4, -0.2) is 50.9 Å². The highest BCUT2D eigenvalue weighted by Gasteiger charge is 2.33. The number of rotatable bonds is 1. The Morgan fingerprint density at radius 1 is 1.75 bits per heavy atom. The molecule has 5 heteroatoms. The van der Waals surface area contributed by atoms with Gasteiger partial charge in [-0.1, -0.05) is 0 Å². The minimum Gasteiger partial charge on any atom is -0.447 e. The average Bonchev–Trinajstić information content (AvgIpc) is 2.30. The van der Waals surface area contributed by atoms with Crippen LogP contribution in [-0.2, 0) is 0 Å². The van der Waals surface area contributed by atoms with Crippen LogP contribution < -0.4 is 0 Å². The number of aliphatic hydroxyl groups excluding tert-OH is 1. The fraction of sp³-hybridized carbons (Fsp3) is 0.714. The molecule has 0 aromatic rings. The van der Waals surface area contributed by atoms with Gasteiger partial charge in [0.15, 0.2) is 6.23 Å². The van der Waals surface area contributed by atoms with E-state index in [1.807, 2.05) is 0 Å². The first-order valence-corrected chi connectivity index (χ1v) is 3.82. The predicted molar refractivity (Wildman–Crippen MR) is 42.2 cm³/mol. The van der Waals surface area contributed by atoms with E-state index in [9.17, 15) is 9.90 Å². The van der Waals surface area contributed by atoms with E-state index >= 15 is 0 Å². The Balaban J connectivity index is 2.84. The first-order chi connectivity index (χ1) is 5.54. The van der Waals surface area contributed by atoms with Crippen molar-refractivity contribution >= 4 is 11.9 Å². The van der Waals surface area contributed by atoms with Crippen molar-refractivity contribution in [1.29, 1.82) is 0 Å². The van der Waals surface area contributed by atoms with Crippen LogP contribution in [0.1, 0.15) is 13.8 Å². The average molecular weight is 173 g/mol. The van der Waals surface area contributed by atoms with Crippen LogP contribution in [0.25, 0.3) is 0 Å². The van der Waals surface area contributed by atoms with Crippen molar-refractivity contribution in [3.8, 4) is 0 Å². The molecule has 1 rings (SSSR count). The van der Waals surface area contributed by atoms with Crippen molar-refractivity contribution in [2.75, 3.05) is 13.1 Å². The number of carboxylic acid groups (broad SMARTS) is 1. The Bertz CT molecular complexity index is 235. The van der Waals surface area contributed by atoms with Gasteiger partial charge < -0.3 is 10.2 Å². The van der Waals surface area contributed by atoms with Gasteiger partial charge in [-0.2, -0.15) is 9.37 Å². The summed E-state index contributed by atoms with van der Waals surface area (Å²) in [5, 5.41) is 17.9. The molecule has 1 aliphatic rings. The molecule has 1 heterocycles. The van der Waals surface area contributed by atoms with Gasteiger partial charge in [-0.05, 0) is 0 Å². The molecule has 0 spiro atoms. The first kappa shape index (κ1) is 8.99. The molecule has 0 saturated heterocycles.